The zero-order valence-electron chi connectivity index (χ0n) is 6.13. The Morgan fingerprint density at radius 1 is 1.21 bits per heavy atom. The van der Waals surface area contributed by atoms with Gasteiger partial charge in [0.05, 0.1) is 0 Å². The Morgan fingerprint density at radius 3 is 2.14 bits per heavy atom. The van der Waals surface area contributed by atoms with Gasteiger partial charge < -0.3 is 0 Å². The van der Waals surface area contributed by atoms with Crippen LogP contribution in [0.25, 0.3) is 0 Å². The lowest BCUT2D eigenvalue weighted by atomic mass is 10.5. The molecule has 1 rings (SSSR count). The highest BCUT2D eigenvalue weighted by molar-refractivity contribution is 5.03. The lowest BCUT2D eigenvalue weighted by Crippen LogP contribution is -2.41. The molecule has 0 N–H and O–H groups in total. The standard InChI is InChI=1S/C4F5N5/c5-3(6,7)4(8,9)14-12-2(1-10)11-13-14. The summed E-state index contributed by atoms with van der Waals surface area (Å²) in [5.74, 6) is -0.867. The summed E-state index contributed by atoms with van der Waals surface area (Å²) in [6.45, 7) is 0. The van der Waals surface area contributed by atoms with E-state index in [1.165, 1.54) is 0 Å². The predicted molar refractivity (Wildman–Crippen MR) is 28.8 cm³/mol. The molecule has 1 aromatic heterocycles. The molecule has 0 aromatic carbocycles. The van der Waals surface area contributed by atoms with Crippen molar-refractivity contribution in [1.29, 1.82) is 5.26 Å². The van der Waals surface area contributed by atoms with Crippen molar-refractivity contribution in [3.05, 3.63) is 5.82 Å². The number of aromatic nitrogens is 4. The van der Waals surface area contributed by atoms with Gasteiger partial charge in [-0.25, -0.2) is 0 Å². The molecule has 0 spiro atoms. The maximum Gasteiger partial charge on any atom is 0.479 e. The third kappa shape index (κ3) is 1.48. The van der Waals surface area contributed by atoms with E-state index in [4.69, 9.17) is 5.26 Å². The van der Waals surface area contributed by atoms with Gasteiger partial charge in [-0.05, 0) is 5.21 Å². The number of nitriles is 1. The summed E-state index contributed by atoms with van der Waals surface area (Å²) in [6, 6.07) is -4.10. The van der Waals surface area contributed by atoms with Crippen molar-refractivity contribution in [2.75, 3.05) is 0 Å². The predicted octanol–water partition coefficient (Wildman–Crippen LogP) is 0.656. The zero-order valence-corrected chi connectivity index (χ0v) is 6.13. The summed E-state index contributed by atoms with van der Waals surface area (Å²) in [5.41, 5.74) is 0. The monoisotopic (exact) mass is 213 g/mol. The van der Waals surface area contributed by atoms with Gasteiger partial charge in [-0.3, -0.25) is 0 Å². The topological polar surface area (TPSA) is 67.4 Å². The highest BCUT2D eigenvalue weighted by Gasteiger charge is 2.61. The molecule has 0 bridgehead atoms. The SMILES string of the molecule is N#Cc1nnn(C(F)(F)C(F)(F)F)n1. The second kappa shape index (κ2) is 2.86. The van der Waals surface area contributed by atoms with Crippen LogP contribution >= 0.6 is 0 Å². The molecule has 0 unspecified atom stereocenters. The molecule has 0 atom stereocenters. The number of halogens is 5. The van der Waals surface area contributed by atoms with E-state index in [-0.39, 0.29) is 0 Å². The normalized spacial score (nSPS) is 12.6. The molecule has 5 nitrogen and oxygen atoms in total. The van der Waals surface area contributed by atoms with Crippen LogP contribution in [0.2, 0.25) is 0 Å². The van der Waals surface area contributed by atoms with Gasteiger partial charge in [0.25, 0.3) is 5.82 Å². The van der Waals surface area contributed by atoms with E-state index < -0.39 is 22.8 Å². The van der Waals surface area contributed by atoms with Crippen LogP contribution in [0.1, 0.15) is 5.82 Å². The average Bonchev–Trinajstić information content (AvgIpc) is 2.49. The lowest BCUT2D eigenvalue weighted by Gasteiger charge is -2.16. The molecule has 0 amide bonds. The fourth-order valence-electron chi connectivity index (χ4n) is 0.492. The number of hydrogen-bond acceptors (Lipinski definition) is 4. The number of alkyl halides is 5. The van der Waals surface area contributed by atoms with Gasteiger partial charge in [0, 0.05) is 0 Å². The van der Waals surface area contributed by atoms with Crippen LogP contribution in [-0.2, 0) is 6.05 Å². The Labute approximate surface area is 72.7 Å². The van der Waals surface area contributed by atoms with Crippen molar-refractivity contribution in [3.8, 4) is 6.07 Å². The van der Waals surface area contributed by atoms with Gasteiger partial charge in [-0.1, -0.05) is 9.90 Å². The molecule has 10 heteroatoms. The smallest absolute Gasteiger partial charge is 0.189 e. The molecule has 0 fully saturated rings. The second-order valence-electron chi connectivity index (χ2n) is 2.05. The highest BCUT2D eigenvalue weighted by atomic mass is 19.4. The van der Waals surface area contributed by atoms with Crippen molar-refractivity contribution in [2.45, 2.75) is 12.2 Å². The van der Waals surface area contributed by atoms with Gasteiger partial charge >= 0.3 is 12.2 Å². The average molecular weight is 213 g/mol. The van der Waals surface area contributed by atoms with Crippen molar-refractivity contribution in [2.24, 2.45) is 0 Å². The fraction of sp³-hybridized carbons (Fsp3) is 0.500. The molecule has 0 saturated heterocycles. The van der Waals surface area contributed by atoms with Crippen molar-refractivity contribution in [3.63, 3.8) is 0 Å². The Kier molecular flexibility index (Phi) is 2.10. The molecule has 0 radical (unpaired) electrons. The summed E-state index contributed by atoms with van der Waals surface area (Å²) in [5, 5.41) is 15.7. The van der Waals surface area contributed by atoms with Crippen LogP contribution in [0.5, 0.6) is 0 Å². The van der Waals surface area contributed by atoms with Crippen LogP contribution in [0.15, 0.2) is 0 Å². The summed E-state index contributed by atoms with van der Waals surface area (Å²) in [6.07, 6.45) is -5.83. The highest BCUT2D eigenvalue weighted by Crippen LogP contribution is 2.38. The summed E-state index contributed by atoms with van der Waals surface area (Å²) in [4.78, 5) is -0.953. The van der Waals surface area contributed by atoms with Crippen molar-refractivity contribution < 1.29 is 22.0 Å². The Hall–Kier alpha value is -1.79. The zero-order chi connectivity index (χ0) is 11.0. The molecule has 14 heavy (non-hydrogen) atoms. The van der Waals surface area contributed by atoms with Crippen LogP contribution in [0.4, 0.5) is 22.0 Å². The first kappa shape index (κ1) is 10.3. The maximum atomic E-state index is 12.4. The van der Waals surface area contributed by atoms with E-state index in [2.05, 4.69) is 15.4 Å². The largest absolute Gasteiger partial charge is 0.479 e. The van der Waals surface area contributed by atoms with Crippen molar-refractivity contribution >= 4 is 0 Å². The Bertz CT molecular complexity index is 372. The third-order valence-electron chi connectivity index (χ3n) is 1.11. The molecule has 1 heterocycles. The molecule has 1 aromatic rings. The third-order valence-corrected chi connectivity index (χ3v) is 1.11. The van der Waals surface area contributed by atoms with E-state index in [0.29, 0.717) is 0 Å². The van der Waals surface area contributed by atoms with E-state index in [0.717, 1.165) is 6.07 Å². The molecule has 0 aliphatic rings. The van der Waals surface area contributed by atoms with E-state index in [1.807, 2.05) is 0 Å². The second-order valence-corrected chi connectivity index (χ2v) is 2.05. The molecule has 0 saturated carbocycles. The lowest BCUT2D eigenvalue weighted by molar-refractivity contribution is -0.333. The minimum atomic E-state index is -5.83. The van der Waals surface area contributed by atoms with Gasteiger partial charge in [0.2, 0.25) is 0 Å². The van der Waals surface area contributed by atoms with E-state index in [9.17, 15) is 22.0 Å². The maximum absolute atomic E-state index is 12.4. The number of nitrogens with zero attached hydrogens (tertiary/aromatic N) is 5. The van der Waals surface area contributed by atoms with Crippen LogP contribution in [-0.4, -0.2) is 26.4 Å². The molecule has 0 aliphatic heterocycles. The number of rotatable bonds is 1. The summed E-state index contributed by atoms with van der Waals surface area (Å²) < 4.78 is 59.8. The first-order valence-corrected chi connectivity index (χ1v) is 2.94. The molecule has 76 valence electrons. The number of hydrogen-bond donors (Lipinski definition) is 0. The van der Waals surface area contributed by atoms with E-state index >= 15 is 0 Å². The minimum absolute atomic E-state index is 0.867. The fourth-order valence-corrected chi connectivity index (χ4v) is 0.492. The van der Waals surface area contributed by atoms with Crippen LogP contribution in [0.3, 0.4) is 0 Å². The Morgan fingerprint density at radius 2 is 1.79 bits per heavy atom. The van der Waals surface area contributed by atoms with Gasteiger partial charge in [0.1, 0.15) is 6.07 Å². The first-order valence-electron chi connectivity index (χ1n) is 2.94. The summed E-state index contributed by atoms with van der Waals surface area (Å²) in [7, 11) is 0. The van der Waals surface area contributed by atoms with Crippen molar-refractivity contribution in [1.82, 2.24) is 20.2 Å². The minimum Gasteiger partial charge on any atom is -0.189 e. The number of tetrazole rings is 1. The molecular formula is C4F5N5. The van der Waals surface area contributed by atoms with Gasteiger partial charge in [0.15, 0.2) is 0 Å². The summed E-state index contributed by atoms with van der Waals surface area (Å²) >= 11 is 0. The Balaban J connectivity index is 3.11. The molecular weight excluding hydrogens is 213 g/mol. The van der Waals surface area contributed by atoms with E-state index in [1.54, 1.807) is 0 Å². The van der Waals surface area contributed by atoms with Gasteiger partial charge in [-0.15, -0.1) is 5.10 Å². The van der Waals surface area contributed by atoms with Gasteiger partial charge in [-0.2, -0.15) is 27.2 Å². The molecule has 0 aliphatic carbocycles. The quantitative estimate of drug-likeness (QED) is 0.642. The van der Waals surface area contributed by atoms with Crippen LogP contribution in [0, 0.1) is 11.3 Å². The first-order chi connectivity index (χ1) is 6.29. The van der Waals surface area contributed by atoms with Crippen LogP contribution < -0.4 is 0 Å².